The number of aryl methyl sites for hydroxylation is 1. The van der Waals surface area contributed by atoms with Crippen molar-refractivity contribution in [2.45, 2.75) is 13.8 Å². The van der Waals surface area contributed by atoms with Crippen LogP contribution in [0, 0.1) is 6.92 Å². The van der Waals surface area contributed by atoms with Gasteiger partial charge in [0.1, 0.15) is 5.82 Å². The van der Waals surface area contributed by atoms with E-state index in [1.807, 2.05) is 44.3 Å². The van der Waals surface area contributed by atoms with Gasteiger partial charge in [-0.2, -0.15) is 0 Å². The van der Waals surface area contributed by atoms with Crippen molar-refractivity contribution in [1.82, 2.24) is 15.3 Å². The second-order valence-corrected chi connectivity index (χ2v) is 3.73. The number of aliphatic imine (C=N–C) groups is 1. The van der Waals surface area contributed by atoms with Gasteiger partial charge < -0.3 is 10.3 Å². The van der Waals surface area contributed by atoms with Crippen molar-refractivity contribution in [3.63, 3.8) is 0 Å². The van der Waals surface area contributed by atoms with Crippen molar-refractivity contribution >= 4 is 12.0 Å². The summed E-state index contributed by atoms with van der Waals surface area (Å²) in [6.45, 7) is 4.86. The zero-order valence-corrected chi connectivity index (χ0v) is 10.1. The molecule has 4 nitrogen and oxygen atoms in total. The van der Waals surface area contributed by atoms with Crippen LogP contribution in [0.5, 0.6) is 0 Å². The van der Waals surface area contributed by atoms with E-state index in [2.05, 4.69) is 20.3 Å². The Morgan fingerprint density at radius 2 is 2.12 bits per heavy atom. The van der Waals surface area contributed by atoms with E-state index in [1.54, 1.807) is 6.34 Å². The average molecular weight is 228 g/mol. The van der Waals surface area contributed by atoms with E-state index in [9.17, 15) is 0 Å². The van der Waals surface area contributed by atoms with Gasteiger partial charge in [-0.25, -0.2) is 9.98 Å². The molecular weight excluding hydrogens is 212 g/mol. The molecule has 2 N–H and O–H groups in total. The Balaban J connectivity index is 2.13. The van der Waals surface area contributed by atoms with E-state index in [0.29, 0.717) is 0 Å². The van der Waals surface area contributed by atoms with E-state index in [-0.39, 0.29) is 0 Å². The number of rotatable bonds is 4. The molecule has 2 rings (SSSR count). The predicted molar refractivity (Wildman–Crippen MR) is 70.6 cm³/mol. The third-order valence-corrected chi connectivity index (χ3v) is 2.38. The largest absolute Gasteiger partial charge is 0.376 e. The molecule has 0 spiro atoms. The van der Waals surface area contributed by atoms with E-state index in [0.717, 1.165) is 29.3 Å². The van der Waals surface area contributed by atoms with Crippen molar-refractivity contribution in [2.75, 3.05) is 6.54 Å². The van der Waals surface area contributed by atoms with Crippen LogP contribution in [0.3, 0.4) is 0 Å². The summed E-state index contributed by atoms with van der Waals surface area (Å²) < 4.78 is 0. The minimum Gasteiger partial charge on any atom is -0.376 e. The monoisotopic (exact) mass is 228 g/mol. The third kappa shape index (κ3) is 2.93. The fourth-order valence-electron chi connectivity index (χ4n) is 1.50. The van der Waals surface area contributed by atoms with Gasteiger partial charge in [-0.1, -0.05) is 12.1 Å². The van der Waals surface area contributed by atoms with Crippen LogP contribution in [0.4, 0.5) is 5.69 Å². The van der Waals surface area contributed by atoms with Crippen LogP contribution in [0.1, 0.15) is 12.7 Å². The maximum atomic E-state index is 4.38. The molecule has 17 heavy (non-hydrogen) atoms. The van der Waals surface area contributed by atoms with E-state index in [1.165, 1.54) is 0 Å². The molecule has 0 saturated heterocycles. The summed E-state index contributed by atoms with van der Waals surface area (Å²) in [5.41, 5.74) is 2.99. The molecule has 0 aliphatic heterocycles. The highest BCUT2D eigenvalue weighted by atomic mass is 14.9. The van der Waals surface area contributed by atoms with Crippen LogP contribution >= 0.6 is 0 Å². The van der Waals surface area contributed by atoms with Gasteiger partial charge in [0.2, 0.25) is 0 Å². The number of hydrogen-bond acceptors (Lipinski definition) is 2. The SMILES string of the molecule is CCNC=Nc1ccc(-c2c[nH]c(C)n2)cc1. The van der Waals surface area contributed by atoms with Crippen molar-refractivity contribution in [3.05, 3.63) is 36.3 Å². The Hall–Kier alpha value is -2.10. The number of imidazole rings is 1. The summed E-state index contributed by atoms with van der Waals surface area (Å²) in [5, 5.41) is 3.04. The number of hydrogen-bond donors (Lipinski definition) is 2. The van der Waals surface area contributed by atoms with Gasteiger partial charge in [0.15, 0.2) is 0 Å². The Bertz CT molecular complexity index is 496. The highest BCUT2D eigenvalue weighted by molar-refractivity contribution is 5.65. The number of aromatic nitrogens is 2. The average Bonchev–Trinajstić information content (AvgIpc) is 2.77. The second-order valence-electron chi connectivity index (χ2n) is 3.73. The molecule has 0 bridgehead atoms. The molecule has 88 valence electrons. The normalized spacial score (nSPS) is 10.9. The third-order valence-electron chi connectivity index (χ3n) is 2.38. The minimum atomic E-state index is 0.883. The molecule has 0 radical (unpaired) electrons. The predicted octanol–water partition coefficient (Wildman–Crippen LogP) is 2.65. The lowest BCUT2D eigenvalue weighted by atomic mass is 10.1. The van der Waals surface area contributed by atoms with Crippen molar-refractivity contribution < 1.29 is 0 Å². The summed E-state index contributed by atoms with van der Waals surface area (Å²) in [5.74, 6) is 0.925. The lowest BCUT2D eigenvalue weighted by Crippen LogP contribution is -2.08. The lowest BCUT2D eigenvalue weighted by molar-refractivity contribution is 0.987. The van der Waals surface area contributed by atoms with Crippen LogP contribution < -0.4 is 5.32 Å². The van der Waals surface area contributed by atoms with Crippen molar-refractivity contribution in [2.24, 2.45) is 4.99 Å². The molecule has 1 heterocycles. The molecule has 0 unspecified atom stereocenters. The van der Waals surface area contributed by atoms with Crippen LogP contribution in [0.2, 0.25) is 0 Å². The van der Waals surface area contributed by atoms with Gasteiger partial charge in [0, 0.05) is 18.3 Å². The summed E-state index contributed by atoms with van der Waals surface area (Å²) in [4.78, 5) is 11.7. The number of benzene rings is 1. The van der Waals surface area contributed by atoms with E-state index in [4.69, 9.17) is 0 Å². The van der Waals surface area contributed by atoms with Gasteiger partial charge in [0.05, 0.1) is 17.7 Å². The maximum Gasteiger partial charge on any atom is 0.103 e. The topological polar surface area (TPSA) is 53.1 Å². The molecule has 0 aliphatic carbocycles. The summed E-state index contributed by atoms with van der Waals surface area (Å²) in [7, 11) is 0. The number of aromatic amines is 1. The van der Waals surface area contributed by atoms with Crippen LogP contribution in [0.15, 0.2) is 35.5 Å². The highest BCUT2D eigenvalue weighted by Crippen LogP contribution is 2.20. The van der Waals surface area contributed by atoms with Crippen molar-refractivity contribution in [3.8, 4) is 11.3 Å². The lowest BCUT2D eigenvalue weighted by Gasteiger charge is -1.98. The maximum absolute atomic E-state index is 4.38. The summed E-state index contributed by atoms with van der Waals surface area (Å²) in [6, 6.07) is 8.00. The number of nitrogens with one attached hydrogen (secondary N) is 2. The fraction of sp³-hybridized carbons (Fsp3) is 0.231. The molecule has 2 aromatic rings. The van der Waals surface area contributed by atoms with Gasteiger partial charge in [0.25, 0.3) is 0 Å². The van der Waals surface area contributed by atoms with E-state index >= 15 is 0 Å². The van der Waals surface area contributed by atoms with Crippen molar-refractivity contribution in [1.29, 1.82) is 0 Å². The molecule has 0 amide bonds. The van der Waals surface area contributed by atoms with Crippen LogP contribution in [0.25, 0.3) is 11.3 Å². The summed E-state index contributed by atoms with van der Waals surface area (Å²) >= 11 is 0. The molecule has 0 saturated carbocycles. The molecule has 4 heteroatoms. The standard InChI is InChI=1S/C13H16N4/c1-3-14-9-16-12-6-4-11(5-7-12)13-8-15-10(2)17-13/h4-9H,3H2,1-2H3,(H,14,16)(H,15,17). The fourth-order valence-corrected chi connectivity index (χ4v) is 1.50. The Morgan fingerprint density at radius 3 is 2.71 bits per heavy atom. The first kappa shape index (κ1) is 11.4. The first-order valence-electron chi connectivity index (χ1n) is 5.68. The van der Waals surface area contributed by atoms with Gasteiger partial charge in [-0.15, -0.1) is 0 Å². The molecule has 1 aromatic heterocycles. The molecule has 0 atom stereocenters. The number of nitrogens with zero attached hydrogens (tertiary/aromatic N) is 2. The van der Waals surface area contributed by atoms with Gasteiger partial charge in [-0.3, -0.25) is 0 Å². The second kappa shape index (κ2) is 5.30. The minimum absolute atomic E-state index is 0.883. The Labute approximate surface area is 101 Å². The zero-order valence-electron chi connectivity index (χ0n) is 10.1. The highest BCUT2D eigenvalue weighted by Gasteiger charge is 2.00. The van der Waals surface area contributed by atoms with Crippen LogP contribution in [-0.4, -0.2) is 22.9 Å². The zero-order chi connectivity index (χ0) is 12.1. The quantitative estimate of drug-likeness (QED) is 0.624. The Kier molecular flexibility index (Phi) is 3.55. The molecule has 0 fully saturated rings. The summed E-state index contributed by atoms with van der Waals surface area (Å²) in [6.07, 6.45) is 3.62. The first-order valence-corrected chi connectivity index (χ1v) is 5.68. The number of H-pyrrole nitrogens is 1. The van der Waals surface area contributed by atoms with Gasteiger partial charge in [-0.05, 0) is 26.0 Å². The van der Waals surface area contributed by atoms with E-state index < -0.39 is 0 Å². The molecular formula is C13H16N4. The molecule has 1 aromatic carbocycles. The van der Waals surface area contributed by atoms with Crippen LogP contribution in [-0.2, 0) is 0 Å². The Morgan fingerprint density at radius 1 is 1.35 bits per heavy atom. The molecule has 0 aliphatic rings. The first-order chi connectivity index (χ1) is 8.29. The van der Waals surface area contributed by atoms with Gasteiger partial charge >= 0.3 is 0 Å². The smallest absolute Gasteiger partial charge is 0.103 e.